The maximum absolute atomic E-state index is 13.2. The Hall–Kier alpha value is -1.02. The predicted molar refractivity (Wildman–Crippen MR) is 75.3 cm³/mol. The van der Waals surface area contributed by atoms with Gasteiger partial charge in [-0.1, -0.05) is 19.9 Å². The molecule has 0 aliphatic carbocycles. The van der Waals surface area contributed by atoms with E-state index in [4.69, 9.17) is 5.11 Å². The number of hydrogen-bond acceptors (Lipinski definition) is 4. The number of hydrogen-bond donors (Lipinski definition) is 2. The van der Waals surface area contributed by atoms with Gasteiger partial charge >= 0.3 is 0 Å². The van der Waals surface area contributed by atoms with Crippen molar-refractivity contribution in [2.24, 2.45) is 0 Å². The van der Waals surface area contributed by atoms with Crippen molar-refractivity contribution in [2.45, 2.75) is 25.3 Å². The SMILES string of the molecule is CCN(CC)CCNS(=O)(=O)c1cc(F)ccc1CO. The molecule has 0 amide bonds. The summed E-state index contributed by atoms with van der Waals surface area (Å²) in [6, 6.07) is 3.32. The molecule has 0 unspecified atom stereocenters. The van der Waals surface area contributed by atoms with Gasteiger partial charge in [0.05, 0.1) is 11.5 Å². The van der Waals surface area contributed by atoms with Gasteiger partial charge in [0.25, 0.3) is 0 Å². The first-order valence-electron chi connectivity index (χ1n) is 6.55. The van der Waals surface area contributed by atoms with Gasteiger partial charge in [-0.15, -0.1) is 0 Å². The van der Waals surface area contributed by atoms with Crippen molar-refractivity contribution >= 4 is 10.0 Å². The molecule has 0 bridgehead atoms. The number of nitrogens with one attached hydrogen (secondary N) is 1. The smallest absolute Gasteiger partial charge is 0.241 e. The van der Waals surface area contributed by atoms with Crippen molar-refractivity contribution in [1.29, 1.82) is 0 Å². The van der Waals surface area contributed by atoms with Crippen LogP contribution in [0.15, 0.2) is 23.1 Å². The molecule has 7 heteroatoms. The molecule has 0 heterocycles. The summed E-state index contributed by atoms with van der Waals surface area (Å²) in [5, 5.41) is 9.14. The predicted octanol–water partition coefficient (Wildman–Crippen LogP) is 0.938. The van der Waals surface area contributed by atoms with E-state index >= 15 is 0 Å². The van der Waals surface area contributed by atoms with Crippen molar-refractivity contribution < 1.29 is 17.9 Å². The monoisotopic (exact) mass is 304 g/mol. The third-order valence-electron chi connectivity index (χ3n) is 3.10. The van der Waals surface area contributed by atoms with E-state index < -0.39 is 22.4 Å². The van der Waals surface area contributed by atoms with Crippen LogP contribution < -0.4 is 4.72 Å². The first kappa shape index (κ1) is 17.0. The Morgan fingerprint density at radius 1 is 1.30 bits per heavy atom. The van der Waals surface area contributed by atoms with E-state index in [0.29, 0.717) is 6.54 Å². The highest BCUT2D eigenvalue weighted by Gasteiger charge is 2.18. The summed E-state index contributed by atoms with van der Waals surface area (Å²) in [5.41, 5.74) is 0.182. The molecule has 114 valence electrons. The average molecular weight is 304 g/mol. The molecule has 0 aromatic heterocycles. The Kier molecular flexibility index (Phi) is 6.54. The van der Waals surface area contributed by atoms with Crippen LogP contribution in [0.25, 0.3) is 0 Å². The van der Waals surface area contributed by atoms with Gasteiger partial charge < -0.3 is 10.0 Å². The zero-order chi connectivity index (χ0) is 15.2. The van der Waals surface area contributed by atoms with E-state index in [2.05, 4.69) is 9.62 Å². The highest BCUT2D eigenvalue weighted by atomic mass is 32.2. The molecule has 0 atom stereocenters. The minimum atomic E-state index is -3.81. The molecular weight excluding hydrogens is 283 g/mol. The van der Waals surface area contributed by atoms with Gasteiger partial charge in [0.1, 0.15) is 5.82 Å². The highest BCUT2D eigenvalue weighted by molar-refractivity contribution is 7.89. The number of aliphatic hydroxyl groups is 1. The zero-order valence-corrected chi connectivity index (χ0v) is 12.6. The lowest BCUT2D eigenvalue weighted by Crippen LogP contribution is -2.35. The summed E-state index contributed by atoms with van der Waals surface area (Å²) < 4.78 is 39.9. The van der Waals surface area contributed by atoms with E-state index in [1.165, 1.54) is 6.07 Å². The minimum absolute atomic E-state index is 0.182. The first-order chi connectivity index (χ1) is 9.44. The van der Waals surface area contributed by atoms with Crippen LogP contribution in [0.3, 0.4) is 0 Å². The number of sulfonamides is 1. The van der Waals surface area contributed by atoms with Crippen LogP contribution in [-0.2, 0) is 16.6 Å². The fraction of sp³-hybridized carbons (Fsp3) is 0.538. The number of nitrogens with zero attached hydrogens (tertiary/aromatic N) is 1. The Labute approximate surface area is 119 Å². The lowest BCUT2D eigenvalue weighted by atomic mass is 10.2. The van der Waals surface area contributed by atoms with Gasteiger partial charge in [-0.2, -0.15) is 0 Å². The normalized spacial score (nSPS) is 12.1. The van der Waals surface area contributed by atoms with Crippen molar-refractivity contribution in [3.05, 3.63) is 29.6 Å². The maximum Gasteiger partial charge on any atom is 0.241 e. The van der Waals surface area contributed by atoms with Crippen molar-refractivity contribution in [2.75, 3.05) is 26.2 Å². The summed E-state index contributed by atoms with van der Waals surface area (Å²) in [7, 11) is -3.81. The first-order valence-corrected chi connectivity index (χ1v) is 8.04. The molecule has 2 N–H and O–H groups in total. The fourth-order valence-corrected chi connectivity index (χ4v) is 3.13. The third-order valence-corrected chi connectivity index (χ3v) is 4.65. The standard InChI is InChI=1S/C13H21FN2O3S/c1-3-16(4-2)8-7-15-20(18,19)13-9-12(14)6-5-11(13)10-17/h5-6,9,15,17H,3-4,7-8,10H2,1-2H3. The lowest BCUT2D eigenvalue weighted by Gasteiger charge is -2.18. The van der Waals surface area contributed by atoms with E-state index in [1.807, 2.05) is 13.8 Å². The average Bonchev–Trinajstić information content (AvgIpc) is 2.43. The molecule has 0 fully saturated rings. The minimum Gasteiger partial charge on any atom is -0.392 e. The van der Waals surface area contributed by atoms with Crippen LogP contribution in [0.5, 0.6) is 0 Å². The molecule has 1 rings (SSSR count). The number of rotatable bonds is 8. The zero-order valence-electron chi connectivity index (χ0n) is 11.8. The summed E-state index contributed by atoms with van der Waals surface area (Å²) >= 11 is 0. The largest absolute Gasteiger partial charge is 0.392 e. The van der Waals surface area contributed by atoms with E-state index in [-0.39, 0.29) is 17.0 Å². The van der Waals surface area contributed by atoms with Crippen LogP contribution in [0.1, 0.15) is 19.4 Å². The van der Waals surface area contributed by atoms with E-state index in [1.54, 1.807) is 0 Å². The van der Waals surface area contributed by atoms with E-state index in [9.17, 15) is 12.8 Å². The second kappa shape index (κ2) is 7.68. The third kappa shape index (κ3) is 4.52. The van der Waals surface area contributed by atoms with Crippen LogP contribution >= 0.6 is 0 Å². The van der Waals surface area contributed by atoms with Crippen molar-refractivity contribution in [1.82, 2.24) is 9.62 Å². The van der Waals surface area contributed by atoms with Gasteiger partial charge in [-0.05, 0) is 30.8 Å². The molecule has 0 saturated heterocycles. The molecule has 0 radical (unpaired) electrons. The molecule has 0 aliphatic rings. The van der Waals surface area contributed by atoms with Crippen molar-refractivity contribution in [3.8, 4) is 0 Å². The molecule has 1 aromatic carbocycles. The Balaban J connectivity index is 2.81. The second-order valence-corrected chi connectivity index (χ2v) is 6.07. The number of likely N-dealkylation sites (N-methyl/N-ethyl adjacent to an activating group) is 1. The van der Waals surface area contributed by atoms with Gasteiger partial charge in [-0.25, -0.2) is 17.5 Å². The van der Waals surface area contributed by atoms with Crippen LogP contribution in [-0.4, -0.2) is 44.6 Å². The Morgan fingerprint density at radius 2 is 1.95 bits per heavy atom. The Bertz CT molecular complexity index is 530. The van der Waals surface area contributed by atoms with Crippen LogP contribution in [0.4, 0.5) is 4.39 Å². The summed E-state index contributed by atoms with van der Waals surface area (Å²) in [5.74, 6) is -0.647. The molecule has 0 saturated carbocycles. The summed E-state index contributed by atoms with van der Waals surface area (Å²) in [6.45, 7) is 6.02. The van der Waals surface area contributed by atoms with Gasteiger partial charge in [-0.3, -0.25) is 0 Å². The fourth-order valence-electron chi connectivity index (χ4n) is 1.86. The van der Waals surface area contributed by atoms with Gasteiger partial charge in [0, 0.05) is 13.1 Å². The molecular formula is C13H21FN2O3S. The topological polar surface area (TPSA) is 69.6 Å². The lowest BCUT2D eigenvalue weighted by molar-refractivity contribution is 0.278. The summed E-state index contributed by atoms with van der Waals surface area (Å²) in [4.78, 5) is 1.86. The number of benzene rings is 1. The van der Waals surface area contributed by atoms with Gasteiger partial charge in [0.15, 0.2) is 0 Å². The quantitative estimate of drug-likeness (QED) is 0.750. The van der Waals surface area contributed by atoms with Crippen molar-refractivity contribution in [3.63, 3.8) is 0 Å². The Morgan fingerprint density at radius 3 is 2.50 bits per heavy atom. The highest BCUT2D eigenvalue weighted by Crippen LogP contribution is 2.17. The molecule has 0 spiro atoms. The number of aliphatic hydroxyl groups excluding tert-OH is 1. The molecule has 5 nitrogen and oxygen atoms in total. The second-order valence-electron chi connectivity index (χ2n) is 4.33. The summed E-state index contributed by atoms with van der Waals surface area (Å²) in [6.07, 6.45) is 0. The maximum atomic E-state index is 13.2. The molecule has 20 heavy (non-hydrogen) atoms. The number of halogens is 1. The van der Waals surface area contributed by atoms with E-state index in [0.717, 1.165) is 25.2 Å². The molecule has 0 aliphatic heterocycles. The van der Waals surface area contributed by atoms with Crippen LogP contribution in [0.2, 0.25) is 0 Å². The van der Waals surface area contributed by atoms with Gasteiger partial charge in [0.2, 0.25) is 10.0 Å². The van der Waals surface area contributed by atoms with Crippen LogP contribution in [0, 0.1) is 5.82 Å². The molecule has 1 aromatic rings.